The Bertz CT molecular complexity index is 1300. The topological polar surface area (TPSA) is 117 Å². The van der Waals surface area contributed by atoms with E-state index < -0.39 is 0 Å². The number of pyridine rings is 1. The van der Waals surface area contributed by atoms with E-state index in [1.54, 1.807) is 25.2 Å². The van der Waals surface area contributed by atoms with Crippen LogP contribution in [-0.2, 0) is 16.7 Å². The molecule has 4 rings (SSSR count). The molecule has 0 unspecified atom stereocenters. The zero-order chi connectivity index (χ0) is 29.2. The van der Waals surface area contributed by atoms with Gasteiger partial charge in [-0.1, -0.05) is 20.8 Å². The summed E-state index contributed by atoms with van der Waals surface area (Å²) in [6.07, 6.45) is 2.04. The fourth-order valence-electron chi connectivity index (χ4n) is 5.35. The highest BCUT2D eigenvalue weighted by atomic mass is 79.9. The van der Waals surface area contributed by atoms with Crippen LogP contribution in [0.5, 0.6) is 11.5 Å². The second kappa shape index (κ2) is 13.2. The lowest BCUT2D eigenvalue weighted by molar-refractivity contribution is 0.0818. The maximum absolute atomic E-state index is 13.8. The second-order valence-electron chi connectivity index (χ2n) is 11.2. The Morgan fingerprint density at radius 3 is 2.39 bits per heavy atom. The van der Waals surface area contributed by atoms with E-state index in [1.807, 2.05) is 19.1 Å². The van der Waals surface area contributed by atoms with Crippen LogP contribution < -0.4 is 19.7 Å². The minimum atomic E-state index is -0.386. The molecule has 2 aromatic rings. The van der Waals surface area contributed by atoms with Gasteiger partial charge in [0.25, 0.3) is 5.91 Å². The van der Waals surface area contributed by atoms with Crippen molar-refractivity contribution < 1.29 is 23.8 Å². The van der Waals surface area contributed by atoms with E-state index in [2.05, 4.69) is 36.0 Å². The van der Waals surface area contributed by atoms with Crippen LogP contribution in [0.1, 0.15) is 78.2 Å². The second-order valence-corrected chi connectivity index (χ2v) is 11.2. The lowest BCUT2D eigenvalue weighted by Gasteiger charge is -2.35. The molecule has 1 amide bonds. The summed E-state index contributed by atoms with van der Waals surface area (Å²) in [6, 6.07) is 5.60. The molecule has 2 aliphatic rings. The van der Waals surface area contributed by atoms with Crippen LogP contribution >= 0.6 is 17.0 Å². The Morgan fingerprint density at radius 1 is 1.15 bits per heavy atom. The van der Waals surface area contributed by atoms with Crippen LogP contribution in [0.2, 0.25) is 0 Å². The maximum Gasteiger partial charge on any atom is 0.273 e. The number of ether oxygens (including phenoxy) is 3. The summed E-state index contributed by atoms with van der Waals surface area (Å²) in [5, 5.41) is 11.3. The number of carbonyl (C=O) groups is 2. The first kappa shape index (κ1) is 32.3. The van der Waals surface area contributed by atoms with Gasteiger partial charge in [-0.3, -0.25) is 15.0 Å². The number of methoxy groups -OCH3 is 2. The number of amides is 1. The normalized spacial score (nSPS) is 15.3. The van der Waals surface area contributed by atoms with Gasteiger partial charge in [-0.05, 0) is 43.4 Å². The minimum Gasteiger partial charge on any atom is -0.494 e. The predicted octanol–water partition coefficient (Wildman–Crippen LogP) is 4.36. The van der Waals surface area contributed by atoms with Crippen molar-refractivity contribution in [1.82, 2.24) is 15.2 Å². The molecule has 0 radical (unpaired) electrons. The Hall–Kier alpha value is -3.18. The first-order valence-corrected chi connectivity index (χ1v) is 13.8. The number of carbonyl (C=O) groups excluding carboxylic acids is 2. The molecule has 0 spiro atoms. The van der Waals surface area contributed by atoms with Crippen molar-refractivity contribution in [1.29, 1.82) is 5.41 Å². The van der Waals surface area contributed by atoms with E-state index in [9.17, 15) is 9.59 Å². The number of hydrogen-bond donors (Lipinski definition) is 2. The smallest absolute Gasteiger partial charge is 0.273 e. The van der Waals surface area contributed by atoms with Gasteiger partial charge in [0.2, 0.25) is 0 Å². The molecule has 1 fully saturated rings. The van der Waals surface area contributed by atoms with Crippen molar-refractivity contribution in [2.75, 3.05) is 52.4 Å². The molecule has 11 heteroatoms. The molecule has 0 atom stereocenters. The molecule has 3 heterocycles. The van der Waals surface area contributed by atoms with Crippen LogP contribution in [0.4, 0.5) is 5.69 Å². The molecule has 1 aromatic carbocycles. The van der Waals surface area contributed by atoms with E-state index in [1.165, 1.54) is 7.05 Å². The van der Waals surface area contributed by atoms with Gasteiger partial charge in [-0.15, -0.1) is 17.0 Å². The number of anilines is 1. The lowest BCUT2D eigenvalue weighted by Crippen LogP contribution is -2.37. The summed E-state index contributed by atoms with van der Waals surface area (Å²) < 4.78 is 17.1. The number of nitrogens with one attached hydrogen (secondary N) is 2. The summed E-state index contributed by atoms with van der Waals surface area (Å²) in [5.74, 6) is 0.783. The number of halogens is 1. The minimum absolute atomic E-state index is 0. The van der Waals surface area contributed by atoms with Crippen LogP contribution in [0.25, 0.3) is 0 Å². The standard InChI is InChI=1S/C30H41N5O5.BrH/c1-8-40-24-15-19-16-35(28(31)25(19)33-26(24)29(37)32-5)17-23(36)18-13-21(30(2,3)4)27(39-7)22(14-18)34-11-9-20(38-6)10-12-34;/h13-15,20,31H,8-12,16-17H2,1-7H3,(H,32,37);1H. The van der Waals surface area contributed by atoms with Gasteiger partial charge in [-0.25, -0.2) is 4.98 Å². The van der Waals surface area contributed by atoms with Gasteiger partial charge in [0.05, 0.1) is 32.1 Å². The molecule has 224 valence electrons. The number of hydrogen-bond acceptors (Lipinski definition) is 8. The van der Waals surface area contributed by atoms with Crippen LogP contribution in [-0.4, -0.2) is 81.0 Å². The van der Waals surface area contributed by atoms with E-state index in [4.69, 9.17) is 19.6 Å². The van der Waals surface area contributed by atoms with Gasteiger partial charge in [0, 0.05) is 50.5 Å². The Morgan fingerprint density at radius 2 is 1.83 bits per heavy atom. The highest BCUT2D eigenvalue weighted by molar-refractivity contribution is 8.93. The van der Waals surface area contributed by atoms with E-state index in [0.29, 0.717) is 30.2 Å². The molecule has 2 N–H and O–H groups in total. The first-order chi connectivity index (χ1) is 19.0. The van der Waals surface area contributed by atoms with Crippen molar-refractivity contribution in [3.05, 3.63) is 46.3 Å². The highest BCUT2D eigenvalue weighted by Crippen LogP contribution is 2.41. The third kappa shape index (κ3) is 6.67. The summed E-state index contributed by atoms with van der Waals surface area (Å²) in [5.41, 5.74) is 3.46. The maximum atomic E-state index is 13.8. The Labute approximate surface area is 253 Å². The molecule has 2 aliphatic heterocycles. The molecule has 10 nitrogen and oxygen atoms in total. The number of nitrogens with zero attached hydrogens (tertiary/aromatic N) is 3. The summed E-state index contributed by atoms with van der Waals surface area (Å²) in [6.45, 7) is 10.5. The quantitative estimate of drug-likeness (QED) is 0.392. The number of ketones is 1. The molecule has 0 saturated carbocycles. The molecule has 0 aliphatic carbocycles. The number of aromatic nitrogens is 1. The summed E-state index contributed by atoms with van der Waals surface area (Å²) in [4.78, 5) is 34.6. The van der Waals surface area contributed by atoms with Gasteiger partial charge in [0.1, 0.15) is 17.3 Å². The molecular weight excluding hydrogens is 590 g/mol. The summed E-state index contributed by atoms with van der Waals surface area (Å²) >= 11 is 0. The highest BCUT2D eigenvalue weighted by Gasteiger charge is 2.32. The Balaban J connectivity index is 0.00000462. The van der Waals surface area contributed by atoms with Crippen LogP contribution in [0.3, 0.4) is 0 Å². The third-order valence-electron chi connectivity index (χ3n) is 7.56. The van der Waals surface area contributed by atoms with E-state index >= 15 is 0 Å². The van der Waals surface area contributed by atoms with Gasteiger partial charge < -0.3 is 29.3 Å². The zero-order valence-electron chi connectivity index (χ0n) is 25.1. The lowest BCUT2D eigenvalue weighted by atomic mass is 9.84. The number of fused-ring (bicyclic) bond motifs is 1. The van der Waals surface area contributed by atoms with Crippen molar-refractivity contribution in [2.45, 2.75) is 58.6 Å². The fourth-order valence-corrected chi connectivity index (χ4v) is 5.35. The number of benzene rings is 1. The molecule has 0 bridgehead atoms. The molecular formula is C30H42BrN5O5. The third-order valence-corrected chi connectivity index (χ3v) is 7.56. The summed E-state index contributed by atoms with van der Waals surface area (Å²) in [7, 11) is 4.95. The van der Waals surface area contributed by atoms with E-state index in [-0.39, 0.29) is 58.3 Å². The molecule has 1 aromatic heterocycles. The van der Waals surface area contributed by atoms with Crippen molar-refractivity contribution in [2.24, 2.45) is 0 Å². The largest absolute Gasteiger partial charge is 0.494 e. The predicted molar refractivity (Wildman–Crippen MR) is 165 cm³/mol. The average Bonchev–Trinajstić information content (AvgIpc) is 3.24. The van der Waals surface area contributed by atoms with Crippen molar-refractivity contribution in [3.63, 3.8) is 0 Å². The number of rotatable bonds is 9. The molecule has 1 saturated heterocycles. The van der Waals surface area contributed by atoms with Gasteiger partial charge >= 0.3 is 0 Å². The van der Waals surface area contributed by atoms with Gasteiger partial charge in [-0.2, -0.15) is 0 Å². The van der Waals surface area contributed by atoms with Crippen LogP contribution in [0.15, 0.2) is 18.2 Å². The van der Waals surface area contributed by atoms with Gasteiger partial charge in [0.15, 0.2) is 17.2 Å². The molecule has 41 heavy (non-hydrogen) atoms. The SMILES string of the molecule is Br.CCOc1cc2c(nc1C(=O)NC)C(=N)N(CC(=O)c1cc(N3CCC(OC)CC3)c(OC)c(C(C)(C)C)c1)C2. The number of amidine groups is 1. The number of piperidine rings is 1. The zero-order valence-corrected chi connectivity index (χ0v) is 26.8. The fraction of sp³-hybridized carbons (Fsp3) is 0.533. The van der Waals surface area contributed by atoms with Crippen molar-refractivity contribution in [3.8, 4) is 11.5 Å². The number of Topliss-reactive ketones (excluding diaryl/α,β-unsaturated/α-hetero) is 1. The van der Waals surface area contributed by atoms with E-state index in [0.717, 1.165) is 48.5 Å². The average molecular weight is 633 g/mol. The first-order valence-electron chi connectivity index (χ1n) is 13.8. The monoisotopic (exact) mass is 631 g/mol. The Kier molecular flexibility index (Phi) is 10.4. The van der Waals surface area contributed by atoms with Crippen LogP contribution in [0, 0.1) is 5.41 Å². The van der Waals surface area contributed by atoms with Crippen molar-refractivity contribution >= 4 is 40.2 Å².